The summed E-state index contributed by atoms with van der Waals surface area (Å²) in [6.07, 6.45) is 0. The van der Waals surface area contributed by atoms with Crippen molar-refractivity contribution in [3.05, 3.63) is 41.5 Å². The van der Waals surface area contributed by atoms with Crippen LogP contribution in [-0.2, 0) is 11.3 Å². The lowest BCUT2D eigenvalue weighted by molar-refractivity contribution is -0.127. The molecule has 0 aliphatic carbocycles. The van der Waals surface area contributed by atoms with Gasteiger partial charge in [-0.2, -0.15) is 0 Å². The summed E-state index contributed by atoms with van der Waals surface area (Å²) < 4.78 is 5.40. The van der Waals surface area contributed by atoms with Gasteiger partial charge in [0.2, 0.25) is 5.91 Å². The largest absolute Gasteiger partial charge is 0.496 e. The number of amides is 1. The number of aryl methyl sites for hydroxylation is 1. The summed E-state index contributed by atoms with van der Waals surface area (Å²) in [5, 5.41) is 6.20. The number of guanidine groups is 1. The first-order valence-electron chi connectivity index (χ1n) is 7.83. The van der Waals surface area contributed by atoms with E-state index in [1.54, 1.807) is 21.2 Å². The van der Waals surface area contributed by atoms with E-state index in [-0.39, 0.29) is 36.4 Å². The molecule has 0 unspecified atom stereocenters. The lowest BCUT2D eigenvalue weighted by Crippen LogP contribution is -2.43. The summed E-state index contributed by atoms with van der Waals surface area (Å²) in [5.41, 5.74) is 3.10. The number of carbonyl (C=O) groups is 1. The third-order valence-electron chi connectivity index (χ3n) is 3.31. The number of aliphatic imine (C=N–C) groups is 1. The fourth-order valence-corrected chi connectivity index (χ4v) is 1.87. The van der Waals surface area contributed by atoms with Gasteiger partial charge in [0.1, 0.15) is 5.75 Å². The Labute approximate surface area is 167 Å². The Balaban J connectivity index is 0.00000576. The standard InChI is InChI=1S/C18H28N4O2.HI/c1-13(2)10-19-18(21-12-17(23)22(4)5)20-11-15-8-7-14(3)9-16(15)24-6;/h7-9H,1,10-12H2,2-6H3,(H2,19,20,21);1H. The van der Waals surface area contributed by atoms with Crippen molar-refractivity contribution in [2.75, 3.05) is 34.3 Å². The van der Waals surface area contributed by atoms with Crippen LogP contribution in [0, 0.1) is 6.92 Å². The van der Waals surface area contributed by atoms with Crippen molar-refractivity contribution in [1.82, 2.24) is 15.5 Å². The van der Waals surface area contributed by atoms with Gasteiger partial charge in [0.05, 0.1) is 20.2 Å². The maximum absolute atomic E-state index is 11.7. The SMILES string of the molecule is C=C(C)CNC(=NCc1ccc(C)cc1OC)NCC(=O)N(C)C.I. The third kappa shape index (κ3) is 8.76. The highest BCUT2D eigenvalue weighted by molar-refractivity contribution is 14.0. The van der Waals surface area contributed by atoms with Crippen LogP contribution in [0.1, 0.15) is 18.1 Å². The molecule has 25 heavy (non-hydrogen) atoms. The van der Waals surface area contributed by atoms with Crippen LogP contribution in [0.3, 0.4) is 0 Å². The molecule has 2 N–H and O–H groups in total. The maximum atomic E-state index is 11.7. The first-order chi connectivity index (χ1) is 11.3. The molecule has 0 atom stereocenters. The third-order valence-corrected chi connectivity index (χ3v) is 3.31. The number of halogens is 1. The molecule has 1 amide bonds. The van der Waals surface area contributed by atoms with Gasteiger partial charge in [-0.3, -0.25) is 4.79 Å². The van der Waals surface area contributed by atoms with Gasteiger partial charge in [0.25, 0.3) is 0 Å². The summed E-state index contributed by atoms with van der Waals surface area (Å²) in [7, 11) is 5.09. The number of hydrogen-bond donors (Lipinski definition) is 2. The molecule has 1 aromatic rings. The monoisotopic (exact) mass is 460 g/mol. The number of methoxy groups -OCH3 is 1. The Morgan fingerprint density at radius 3 is 2.48 bits per heavy atom. The quantitative estimate of drug-likeness (QED) is 0.284. The summed E-state index contributed by atoms with van der Waals surface area (Å²) in [4.78, 5) is 17.8. The average molecular weight is 460 g/mol. The van der Waals surface area contributed by atoms with E-state index < -0.39 is 0 Å². The minimum atomic E-state index is -0.0206. The smallest absolute Gasteiger partial charge is 0.241 e. The van der Waals surface area contributed by atoms with Gasteiger partial charge in [0.15, 0.2) is 5.96 Å². The van der Waals surface area contributed by atoms with Crippen molar-refractivity contribution in [2.24, 2.45) is 4.99 Å². The van der Waals surface area contributed by atoms with Crippen molar-refractivity contribution < 1.29 is 9.53 Å². The second-order valence-electron chi connectivity index (χ2n) is 5.93. The molecule has 7 heteroatoms. The minimum absolute atomic E-state index is 0. The molecular formula is C18H29IN4O2. The number of likely N-dealkylation sites (N-methyl/N-ethyl adjacent to an activating group) is 1. The summed E-state index contributed by atoms with van der Waals surface area (Å²) in [6.45, 7) is 9.03. The molecule has 0 saturated carbocycles. The van der Waals surface area contributed by atoms with Crippen LogP contribution in [0.5, 0.6) is 5.75 Å². The highest BCUT2D eigenvalue weighted by Gasteiger charge is 2.07. The summed E-state index contributed by atoms with van der Waals surface area (Å²) in [6, 6.07) is 6.01. The van der Waals surface area contributed by atoms with Crippen LogP contribution in [0.4, 0.5) is 0 Å². The molecule has 6 nitrogen and oxygen atoms in total. The first-order valence-corrected chi connectivity index (χ1v) is 7.83. The van der Waals surface area contributed by atoms with Crippen molar-refractivity contribution in [1.29, 1.82) is 0 Å². The molecule has 1 aromatic carbocycles. The van der Waals surface area contributed by atoms with Crippen LogP contribution in [0.25, 0.3) is 0 Å². The molecule has 0 radical (unpaired) electrons. The number of rotatable bonds is 7. The van der Waals surface area contributed by atoms with Gasteiger partial charge in [-0.15, -0.1) is 24.0 Å². The number of nitrogens with one attached hydrogen (secondary N) is 2. The molecule has 0 aromatic heterocycles. The second-order valence-corrected chi connectivity index (χ2v) is 5.93. The van der Waals surface area contributed by atoms with E-state index in [1.165, 1.54) is 4.90 Å². The highest BCUT2D eigenvalue weighted by atomic mass is 127. The Kier molecular flexibility index (Phi) is 10.9. The molecule has 140 valence electrons. The van der Waals surface area contributed by atoms with Crippen molar-refractivity contribution in [2.45, 2.75) is 20.4 Å². The highest BCUT2D eigenvalue weighted by Crippen LogP contribution is 2.20. The van der Waals surface area contributed by atoms with Crippen LogP contribution in [-0.4, -0.2) is 51.1 Å². The molecule has 0 aliphatic heterocycles. The van der Waals surface area contributed by atoms with Crippen LogP contribution in [0.15, 0.2) is 35.3 Å². The first kappa shape index (κ1) is 23.2. The zero-order valence-electron chi connectivity index (χ0n) is 15.7. The van der Waals surface area contributed by atoms with E-state index in [4.69, 9.17) is 4.74 Å². The Morgan fingerprint density at radius 2 is 1.92 bits per heavy atom. The Morgan fingerprint density at radius 1 is 1.28 bits per heavy atom. The van der Waals surface area contributed by atoms with E-state index >= 15 is 0 Å². The average Bonchev–Trinajstić information content (AvgIpc) is 2.54. The number of benzene rings is 1. The maximum Gasteiger partial charge on any atom is 0.241 e. The van der Waals surface area contributed by atoms with E-state index in [0.29, 0.717) is 19.0 Å². The summed E-state index contributed by atoms with van der Waals surface area (Å²) >= 11 is 0. The van der Waals surface area contributed by atoms with E-state index in [9.17, 15) is 4.79 Å². The molecule has 0 spiro atoms. The topological polar surface area (TPSA) is 66.0 Å². The van der Waals surface area contributed by atoms with Crippen molar-refractivity contribution in [3.8, 4) is 5.75 Å². The van der Waals surface area contributed by atoms with Gasteiger partial charge in [-0.1, -0.05) is 24.3 Å². The van der Waals surface area contributed by atoms with E-state index in [2.05, 4.69) is 22.2 Å². The van der Waals surface area contributed by atoms with E-state index in [0.717, 1.165) is 22.4 Å². The fraction of sp³-hybridized carbons (Fsp3) is 0.444. The molecule has 0 heterocycles. The Bertz CT molecular complexity index is 615. The summed E-state index contributed by atoms with van der Waals surface area (Å²) in [5.74, 6) is 1.35. The number of hydrogen-bond acceptors (Lipinski definition) is 3. The molecule has 0 fully saturated rings. The minimum Gasteiger partial charge on any atom is -0.496 e. The predicted octanol–water partition coefficient (Wildman–Crippen LogP) is 2.32. The lowest BCUT2D eigenvalue weighted by Gasteiger charge is -2.15. The predicted molar refractivity (Wildman–Crippen MR) is 114 cm³/mol. The Hall–Kier alpha value is -1.77. The number of ether oxygens (including phenoxy) is 1. The van der Waals surface area contributed by atoms with Crippen LogP contribution < -0.4 is 15.4 Å². The number of nitrogens with zero attached hydrogens (tertiary/aromatic N) is 2. The zero-order valence-corrected chi connectivity index (χ0v) is 18.0. The lowest BCUT2D eigenvalue weighted by atomic mass is 10.1. The fourth-order valence-electron chi connectivity index (χ4n) is 1.87. The van der Waals surface area contributed by atoms with Crippen LogP contribution in [0.2, 0.25) is 0 Å². The molecular weight excluding hydrogens is 431 g/mol. The number of carbonyl (C=O) groups excluding carboxylic acids is 1. The van der Waals surface area contributed by atoms with Gasteiger partial charge in [0, 0.05) is 26.2 Å². The molecule has 0 saturated heterocycles. The van der Waals surface area contributed by atoms with Gasteiger partial charge >= 0.3 is 0 Å². The van der Waals surface area contributed by atoms with Gasteiger partial charge in [-0.25, -0.2) is 4.99 Å². The zero-order chi connectivity index (χ0) is 18.1. The van der Waals surface area contributed by atoms with Crippen molar-refractivity contribution >= 4 is 35.8 Å². The van der Waals surface area contributed by atoms with E-state index in [1.807, 2.05) is 32.0 Å². The molecule has 0 bridgehead atoms. The second kappa shape index (κ2) is 11.7. The van der Waals surface area contributed by atoms with Gasteiger partial charge in [-0.05, 0) is 25.5 Å². The van der Waals surface area contributed by atoms with Crippen LogP contribution >= 0.6 is 24.0 Å². The molecule has 1 rings (SSSR count). The molecule has 0 aliphatic rings. The van der Waals surface area contributed by atoms with Gasteiger partial charge < -0.3 is 20.3 Å². The van der Waals surface area contributed by atoms with Crippen molar-refractivity contribution in [3.63, 3.8) is 0 Å². The normalized spacial score (nSPS) is 10.5.